The van der Waals surface area contributed by atoms with Crippen molar-refractivity contribution >= 4 is 22.5 Å². The topological polar surface area (TPSA) is 107 Å². The first-order valence-electron chi connectivity index (χ1n) is 9.08. The van der Waals surface area contributed by atoms with Crippen molar-refractivity contribution in [2.45, 2.75) is 44.2 Å². The van der Waals surface area contributed by atoms with Gasteiger partial charge in [0.1, 0.15) is 22.6 Å². The third-order valence-electron chi connectivity index (χ3n) is 4.64. The molecule has 3 rings (SSSR count). The Morgan fingerprint density at radius 1 is 1.57 bits per heavy atom. The molecule has 1 aliphatic rings. The molecule has 0 bridgehead atoms. The van der Waals surface area contributed by atoms with Crippen molar-refractivity contribution in [1.82, 2.24) is 14.5 Å². The Balaban J connectivity index is 1.87. The van der Waals surface area contributed by atoms with Gasteiger partial charge in [-0.1, -0.05) is 13.8 Å². The predicted octanol–water partition coefficient (Wildman–Crippen LogP) is 3.29. The maximum absolute atomic E-state index is 13.5. The molecular weight excluding hydrogens is 379 g/mol. The number of hydrogen-bond donors (Lipinski definition) is 3. The van der Waals surface area contributed by atoms with Crippen molar-refractivity contribution in [3.63, 3.8) is 0 Å². The molecule has 0 spiro atoms. The summed E-state index contributed by atoms with van der Waals surface area (Å²) in [5, 5.41) is 16.7. The predicted molar refractivity (Wildman–Crippen MR) is 105 cm³/mol. The van der Waals surface area contributed by atoms with E-state index in [4.69, 9.17) is 10.0 Å². The van der Waals surface area contributed by atoms with Gasteiger partial charge in [0, 0.05) is 35.2 Å². The largest absolute Gasteiger partial charge is 0.321 e. The average molecular weight is 402 g/mol. The van der Waals surface area contributed by atoms with E-state index in [0.717, 1.165) is 24.5 Å². The number of benzene rings is 1. The number of hydrogen-bond acceptors (Lipinski definition) is 4. The molecule has 0 saturated carbocycles. The van der Waals surface area contributed by atoms with E-state index in [1.54, 1.807) is 13.1 Å². The maximum Gasteiger partial charge on any atom is 0.274 e. The van der Waals surface area contributed by atoms with Crippen LogP contribution in [0.2, 0.25) is 0 Å². The van der Waals surface area contributed by atoms with Crippen LogP contribution in [0.1, 0.15) is 48.3 Å². The second-order valence-corrected chi connectivity index (χ2v) is 8.54. The number of carbonyl (C=O) groups is 1. The molecule has 0 radical (unpaired) electrons. The molecule has 1 aliphatic heterocycles. The third kappa shape index (κ3) is 4.13. The fourth-order valence-electron chi connectivity index (χ4n) is 3.43. The van der Waals surface area contributed by atoms with Crippen LogP contribution in [0.15, 0.2) is 23.2 Å². The molecule has 9 heteroatoms. The van der Waals surface area contributed by atoms with E-state index in [2.05, 4.69) is 29.0 Å². The van der Waals surface area contributed by atoms with Crippen LogP contribution in [0.25, 0.3) is 0 Å². The van der Waals surface area contributed by atoms with Crippen molar-refractivity contribution in [3.8, 4) is 6.07 Å². The number of nitrogens with one attached hydrogen (secondary N) is 3. The third-order valence-corrected chi connectivity index (χ3v) is 5.93. The Labute approximate surface area is 166 Å². The van der Waals surface area contributed by atoms with Gasteiger partial charge in [-0.15, -0.1) is 0 Å². The molecule has 2 aromatic rings. The normalized spacial score (nSPS) is 19.0. The number of nitriles is 1. The number of anilines is 1. The molecule has 3 N–H and O–H groups in total. The van der Waals surface area contributed by atoms with E-state index in [0.29, 0.717) is 28.7 Å². The number of amides is 1. The number of carbonyl (C=O) groups excluding carboxylic acids is 1. The summed E-state index contributed by atoms with van der Waals surface area (Å²) < 4.78 is 26.8. The lowest BCUT2D eigenvalue weighted by atomic mass is 9.98. The van der Waals surface area contributed by atoms with Gasteiger partial charge in [-0.3, -0.25) is 14.3 Å². The monoisotopic (exact) mass is 402 g/mol. The van der Waals surface area contributed by atoms with Gasteiger partial charge >= 0.3 is 0 Å². The van der Waals surface area contributed by atoms with Crippen LogP contribution in [0, 0.1) is 27.8 Å². The van der Waals surface area contributed by atoms with Crippen LogP contribution < -0.4 is 10.0 Å². The lowest BCUT2D eigenvalue weighted by molar-refractivity contribution is 0.101. The Kier molecular flexibility index (Phi) is 5.91. The van der Waals surface area contributed by atoms with Crippen LogP contribution in [-0.4, -0.2) is 21.7 Å². The molecule has 2 atom stereocenters. The Bertz CT molecular complexity index is 978. The molecule has 28 heavy (non-hydrogen) atoms. The number of fused-ring (bicyclic) bond motifs is 1. The summed E-state index contributed by atoms with van der Waals surface area (Å²) in [6.07, 6.45) is 2.45. The van der Waals surface area contributed by atoms with Crippen molar-refractivity contribution in [1.29, 1.82) is 10.0 Å². The van der Waals surface area contributed by atoms with Crippen LogP contribution in [0.3, 0.4) is 0 Å². The molecule has 0 fully saturated rings. The summed E-state index contributed by atoms with van der Waals surface area (Å²) in [7, 11) is 0.684. The molecule has 2 heterocycles. The van der Waals surface area contributed by atoms with E-state index in [1.807, 2.05) is 0 Å². The number of rotatable bonds is 4. The van der Waals surface area contributed by atoms with Crippen molar-refractivity contribution in [2.24, 2.45) is 13.0 Å². The van der Waals surface area contributed by atoms with Crippen LogP contribution in [-0.2, 0) is 24.3 Å². The van der Waals surface area contributed by atoms with E-state index in [1.165, 1.54) is 16.8 Å². The Morgan fingerprint density at radius 3 is 3.00 bits per heavy atom. The van der Waals surface area contributed by atoms with Gasteiger partial charge in [-0.05, 0) is 43.4 Å². The smallest absolute Gasteiger partial charge is 0.274 e. The van der Waals surface area contributed by atoms with Gasteiger partial charge < -0.3 is 5.32 Å². The molecule has 0 aliphatic carbocycles. The summed E-state index contributed by atoms with van der Waals surface area (Å²) in [5.74, 6) is -0.497. The number of aryl methyl sites for hydroxylation is 1. The highest BCUT2D eigenvalue weighted by molar-refractivity contribution is 7.84. The first kappa shape index (κ1) is 20.2. The van der Waals surface area contributed by atoms with E-state index >= 15 is 0 Å². The zero-order chi connectivity index (χ0) is 20.4. The molecule has 1 aromatic carbocycles. The van der Waals surface area contributed by atoms with Gasteiger partial charge in [0.2, 0.25) is 0 Å². The SMILES string of the molecule is CC(C)CC1CCc2c(nn(C)c2C(=O)Nc2ccc(F)c(C#N)c2)S(=N)N1. The maximum atomic E-state index is 13.5. The second kappa shape index (κ2) is 8.20. The van der Waals surface area contributed by atoms with Gasteiger partial charge in [-0.2, -0.15) is 10.4 Å². The van der Waals surface area contributed by atoms with Crippen LogP contribution >= 0.6 is 0 Å². The summed E-state index contributed by atoms with van der Waals surface area (Å²) in [6.45, 7) is 4.30. The van der Waals surface area contributed by atoms with Gasteiger partial charge in [0.15, 0.2) is 0 Å². The van der Waals surface area contributed by atoms with E-state index < -0.39 is 16.7 Å². The lowest BCUT2D eigenvalue weighted by Crippen LogP contribution is -2.30. The highest BCUT2D eigenvalue weighted by atomic mass is 32.2. The molecular formula is C19H23FN6OS. The highest BCUT2D eigenvalue weighted by Crippen LogP contribution is 2.26. The highest BCUT2D eigenvalue weighted by Gasteiger charge is 2.28. The summed E-state index contributed by atoms with van der Waals surface area (Å²) in [6, 6.07) is 5.85. The Hall–Kier alpha value is -2.57. The number of aromatic nitrogens is 2. The van der Waals surface area contributed by atoms with Crippen LogP contribution in [0.4, 0.5) is 10.1 Å². The average Bonchev–Trinajstić information content (AvgIpc) is 2.89. The van der Waals surface area contributed by atoms with Gasteiger partial charge in [0.25, 0.3) is 5.91 Å². The minimum Gasteiger partial charge on any atom is -0.321 e. The Morgan fingerprint density at radius 2 is 2.32 bits per heavy atom. The summed E-state index contributed by atoms with van der Waals surface area (Å²) in [4.78, 5) is 12.9. The number of nitrogens with zero attached hydrogens (tertiary/aromatic N) is 3. The minimum absolute atomic E-state index is 0.130. The van der Waals surface area contributed by atoms with Crippen molar-refractivity contribution < 1.29 is 9.18 Å². The summed E-state index contributed by atoms with van der Waals surface area (Å²) in [5.41, 5.74) is 1.39. The summed E-state index contributed by atoms with van der Waals surface area (Å²) >= 11 is 0. The van der Waals surface area contributed by atoms with E-state index in [9.17, 15) is 9.18 Å². The van der Waals surface area contributed by atoms with Gasteiger partial charge in [0.05, 0.1) is 5.56 Å². The zero-order valence-corrected chi connectivity index (χ0v) is 16.9. The molecule has 1 amide bonds. The number of halogens is 1. The minimum atomic E-state index is -0.994. The molecule has 148 valence electrons. The van der Waals surface area contributed by atoms with Gasteiger partial charge in [-0.25, -0.2) is 9.11 Å². The standard InChI is InChI=1S/C19H23FN6OS/c1-11(2)8-14-4-6-15-17(26(3)24-19(15)28(22)25-14)18(27)23-13-5-7-16(20)12(9-13)10-21/h5,7,9,11,14H,4,6,8H2,1-3H3,(H2,22,25)(H,23,27). The fraction of sp³-hybridized carbons (Fsp3) is 0.421. The molecule has 2 unspecified atom stereocenters. The first-order valence-corrected chi connectivity index (χ1v) is 10.3. The van der Waals surface area contributed by atoms with E-state index in [-0.39, 0.29) is 17.5 Å². The zero-order valence-electron chi connectivity index (χ0n) is 16.0. The van der Waals surface area contributed by atoms with Crippen molar-refractivity contribution in [3.05, 3.63) is 40.8 Å². The second-order valence-electron chi connectivity index (χ2n) is 7.31. The first-order chi connectivity index (χ1) is 13.3. The van der Waals surface area contributed by atoms with Crippen LogP contribution in [0.5, 0.6) is 0 Å². The molecule has 0 saturated heterocycles. The molecule has 1 aromatic heterocycles. The lowest BCUT2D eigenvalue weighted by Gasteiger charge is -2.18. The fourth-order valence-corrected chi connectivity index (χ4v) is 4.74. The van der Waals surface area contributed by atoms with Crippen molar-refractivity contribution in [2.75, 3.05) is 5.32 Å². The quantitative estimate of drug-likeness (QED) is 0.729. The molecule has 7 nitrogen and oxygen atoms in total.